The van der Waals surface area contributed by atoms with Gasteiger partial charge in [-0.25, -0.2) is 22.9 Å². The van der Waals surface area contributed by atoms with E-state index < -0.39 is 22.6 Å². The molecule has 43 heavy (non-hydrogen) atoms. The molecule has 1 unspecified atom stereocenters. The number of nitrogens with one attached hydrogen (secondary N) is 3. The first kappa shape index (κ1) is 29.8. The molecule has 4 aromatic rings. The van der Waals surface area contributed by atoms with Gasteiger partial charge in [0, 0.05) is 56.6 Å². The van der Waals surface area contributed by atoms with Crippen LogP contribution in [0.4, 0.5) is 24.9 Å². The van der Waals surface area contributed by atoms with Crippen LogP contribution in [-0.2, 0) is 29.5 Å². The molecule has 2 saturated heterocycles. The van der Waals surface area contributed by atoms with E-state index in [0.717, 1.165) is 67.7 Å². The Labute approximate surface area is 250 Å². The number of alkyl halides is 3. The van der Waals surface area contributed by atoms with Crippen molar-refractivity contribution in [3.8, 4) is 0 Å². The van der Waals surface area contributed by atoms with E-state index in [2.05, 4.69) is 34.8 Å². The molecule has 0 saturated carbocycles. The minimum atomic E-state index is -4.29. The predicted molar refractivity (Wildman–Crippen MR) is 161 cm³/mol. The van der Waals surface area contributed by atoms with Crippen molar-refractivity contribution in [2.75, 3.05) is 56.2 Å². The number of fused-ring (bicyclic) bond motifs is 2. The number of aromatic nitrogens is 4. The van der Waals surface area contributed by atoms with Gasteiger partial charge in [0.2, 0.25) is 16.0 Å². The Kier molecular flexibility index (Phi) is 7.67. The van der Waals surface area contributed by atoms with E-state index >= 15 is 0 Å². The first-order valence-corrected chi connectivity index (χ1v) is 16.7. The van der Waals surface area contributed by atoms with Crippen molar-refractivity contribution in [2.24, 2.45) is 5.41 Å². The lowest BCUT2D eigenvalue weighted by atomic mass is 9.86. The molecule has 1 atom stereocenters. The van der Waals surface area contributed by atoms with E-state index in [1.807, 2.05) is 18.2 Å². The molecule has 3 N–H and O–H groups in total. The van der Waals surface area contributed by atoms with Crippen molar-refractivity contribution < 1.29 is 21.6 Å². The molecule has 16 heteroatoms. The van der Waals surface area contributed by atoms with Crippen LogP contribution in [0.3, 0.4) is 0 Å². The fourth-order valence-electron chi connectivity index (χ4n) is 6.34. The quantitative estimate of drug-likeness (QED) is 0.255. The fraction of sp³-hybridized carbons (Fsp3) is 0.519. The zero-order valence-corrected chi connectivity index (χ0v) is 25.4. The van der Waals surface area contributed by atoms with Crippen molar-refractivity contribution in [3.63, 3.8) is 0 Å². The highest BCUT2D eigenvalue weighted by atomic mass is 32.2. The van der Waals surface area contributed by atoms with E-state index in [9.17, 15) is 26.4 Å². The van der Waals surface area contributed by atoms with Gasteiger partial charge < -0.3 is 15.2 Å². The second-order valence-corrected chi connectivity index (χ2v) is 14.5. The van der Waals surface area contributed by atoms with Gasteiger partial charge in [0.25, 0.3) is 0 Å². The Morgan fingerprint density at radius 1 is 1.14 bits per heavy atom. The Morgan fingerprint density at radius 3 is 2.67 bits per heavy atom. The van der Waals surface area contributed by atoms with Gasteiger partial charge in [0.1, 0.15) is 10.6 Å². The zero-order chi connectivity index (χ0) is 30.6. The summed E-state index contributed by atoms with van der Waals surface area (Å²) >= 11 is 1.06. The normalized spacial score (nSPS) is 19.9. The lowest BCUT2D eigenvalue weighted by molar-refractivity contribution is -0.126. The van der Waals surface area contributed by atoms with Crippen LogP contribution < -0.4 is 20.6 Å². The zero-order valence-electron chi connectivity index (χ0n) is 23.8. The number of imidazole rings is 1. The molecular weight excluding hydrogens is 605 g/mol. The van der Waals surface area contributed by atoms with Gasteiger partial charge in [0.15, 0.2) is 0 Å². The van der Waals surface area contributed by atoms with Gasteiger partial charge in [-0.05, 0) is 43.1 Å². The maximum Gasteiger partial charge on any atom is 0.393 e. The molecule has 2 fully saturated rings. The third kappa shape index (κ3) is 6.51. The molecule has 1 aromatic carbocycles. The van der Waals surface area contributed by atoms with Gasteiger partial charge in [-0.3, -0.25) is 9.47 Å². The summed E-state index contributed by atoms with van der Waals surface area (Å²) in [5, 5.41) is 3.61. The van der Waals surface area contributed by atoms with Gasteiger partial charge in [0.05, 0.1) is 29.1 Å². The molecule has 11 nitrogen and oxygen atoms in total. The second kappa shape index (κ2) is 11.1. The number of hydrogen-bond donors (Lipinski definition) is 3. The molecule has 0 bridgehead atoms. The van der Waals surface area contributed by atoms with Crippen molar-refractivity contribution >= 4 is 54.4 Å². The molecular formula is C27H33F3N8O3S2. The molecule has 0 radical (unpaired) electrons. The third-order valence-electron chi connectivity index (χ3n) is 8.22. The lowest BCUT2D eigenvalue weighted by Gasteiger charge is -2.25. The van der Waals surface area contributed by atoms with E-state index in [1.165, 1.54) is 4.57 Å². The van der Waals surface area contributed by atoms with Crippen LogP contribution >= 0.6 is 11.3 Å². The summed E-state index contributed by atoms with van der Waals surface area (Å²) in [5.74, 6) is 1.07. The SMILES string of the molecule is CNc1nc(N2CCC3(CCN(Cc4ccc5c(c4)[nH]c(=O)n5CCNS(C)(=O)=O)C3)C2)c2cc(CC(F)(F)F)sc2n1. The summed E-state index contributed by atoms with van der Waals surface area (Å²) in [5.41, 5.74) is 2.25. The molecule has 1 spiro atoms. The van der Waals surface area contributed by atoms with E-state index in [0.29, 0.717) is 34.0 Å². The van der Waals surface area contributed by atoms with Crippen LogP contribution in [0, 0.1) is 5.41 Å². The van der Waals surface area contributed by atoms with Crippen molar-refractivity contribution in [1.29, 1.82) is 0 Å². The number of benzene rings is 1. The highest BCUT2D eigenvalue weighted by molar-refractivity contribution is 7.88. The van der Waals surface area contributed by atoms with Crippen LogP contribution in [-0.4, -0.2) is 85.0 Å². The molecule has 2 aliphatic heterocycles. The average Bonchev–Trinajstić information content (AvgIpc) is 3.68. The number of sulfonamides is 1. The summed E-state index contributed by atoms with van der Waals surface area (Å²) in [6.45, 7) is 4.38. The number of rotatable bonds is 9. The monoisotopic (exact) mass is 638 g/mol. The van der Waals surface area contributed by atoms with Crippen LogP contribution in [0.25, 0.3) is 21.3 Å². The summed E-state index contributed by atoms with van der Waals surface area (Å²) in [7, 11) is -1.64. The maximum atomic E-state index is 13.1. The molecule has 232 valence electrons. The van der Waals surface area contributed by atoms with Crippen molar-refractivity contribution in [2.45, 2.75) is 38.5 Å². The minimum absolute atomic E-state index is 0.0518. The number of likely N-dealkylation sites (tertiary alicyclic amines) is 1. The lowest BCUT2D eigenvalue weighted by Crippen LogP contribution is -2.31. The number of H-pyrrole nitrogens is 1. The van der Waals surface area contributed by atoms with Gasteiger partial charge >= 0.3 is 11.9 Å². The summed E-state index contributed by atoms with van der Waals surface area (Å²) in [6, 6.07) is 7.44. The van der Waals surface area contributed by atoms with Gasteiger partial charge in [-0.15, -0.1) is 11.3 Å². The third-order valence-corrected chi connectivity index (χ3v) is 9.98. The number of nitrogens with zero attached hydrogens (tertiary/aromatic N) is 5. The average molecular weight is 639 g/mol. The minimum Gasteiger partial charge on any atom is -0.357 e. The number of aromatic amines is 1. The van der Waals surface area contributed by atoms with Gasteiger partial charge in [-0.2, -0.15) is 18.2 Å². The Morgan fingerprint density at radius 2 is 1.93 bits per heavy atom. The van der Waals surface area contributed by atoms with E-state index in [-0.39, 0.29) is 29.1 Å². The number of anilines is 2. The topological polar surface area (TPSA) is 128 Å². The molecule has 0 aliphatic carbocycles. The number of halogens is 3. The Hall–Kier alpha value is -3.21. The predicted octanol–water partition coefficient (Wildman–Crippen LogP) is 3.13. The standard InChI is InChI=1S/C27H33F3N8O3S2/c1-31-24-34-22(19-12-18(13-27(28,29)30)42-23(19)35-24)37-9-6-26(16-37)5-8-36(15-26)14-17-3-4-21-20(11-17)33-25(39)38(21)10-7-32-43(2,40)41/h3-4,11-12,32H,5-10,13-16H2,1-2H3,(H,33,39)(H,31,34,35). The molecule has 3 aromatic heterocycles. The largest absolute Gasteiger partial charge is 0.393 e. The van der Waals surface area contributed by atoms with E-state index in [1.54, 1.807) is 13.1 Å². The van der Waals surface area contributed by atoms with Crippen LogP contribution in [0.1, 0.15) is 23.3 Å². The Balaban J connectivity index is 1.14. The summed E-state index contributed by atoms with van der Waals surface area (Å²) in [4.78, 5) is 29.8. The maximum absolute atomic E-state index is 13.1. The fourth-order valence-corrected chi connectivity index (χ4v) is 7.85. The number of thiophene rings is 1. The highest BCUT2D eigenvalue weighted by Gasteiger charge is 2.44. The molecule has 2 aliphatic rings. The van der Waals surface area contributed by atoms with Crippen molar-refractivity contribution in [3.05, 3.63) is 45.2 Å². The smallest absolute Gasteiger partial charge is 0.357 e. The summed E-state index contributed by atoms with van der Waals surface area (Å²) < 4.78 is 65.9. The summed E-state index contributed by atoms with van der Waals surface area (Å²) in [6.07, 6.45) is -2.22. The molecule has 5 heterocycles. The first-order chi connectivity index (χ1) is 20.3. The van der Waals surface area contributed by atoms with Crippen LogP contribution in [0.15, 0.2) is 29.1 Å². The molecule has 6 rings (SSSR count). The van der Waals surface area contributed by atoms with Crippen molar-refractivity contribution in [1.82, 2.24) is 29.1 Å². The first-order valence-electron chi connectivity index (χ1n) is 14.0. The van der Waals surface area contributed by atoms with Gasteiger partial charge in [-0.1, -0.05) is 6.07 Å². The van der Waals surface area contributed by atoms with Crippen LogP contribution in [0.2, 0.25) is 0 Å². The second-order valence-electron chi connectivity index (χ2n) is 11.6. The Bertz CT molecular complexity index is 1830. The number of hydrogen-bond acceptors (Lipinski definition) is 9. The highest BCUT2D eigenvalue weighted by Crippen LogP contribution is 2.43. The molecule has 0 amide bonds. The van der Waals surface area contributed by atoms with Crippen LogP contribution in [0.5, 0.6) is 0 Å². The van der Waals surface area contributed by atoms with E-state index in [4.69, 9.17) is 0 Å².